The van der Waals surface area contributed by atoms with Crippen LogP contribution in [0.15, 0.2) is 22.2 Å². The maximum atomic E-state index is 12.0. The summed E-state index contributed by atoms with van der Waals surface area (Å²) in [7, 11) is 1.83. The molecule has 3 aromatic rings. The lowest BCUT2D eigenvalue weighted by Crippen LogP contribution is -2.27. The fourth-order valence-corrected chi connectivity index (χ4v) is 3.63. The van der Waals surface area contributed by atoms with Crippen LogP contribution in [0.4, 0.5) is 5.13 Å². The second kappa shape index (κ2) is 8.34. The number of thiazole rings is 1. The van der Waals surface area contributed by atoms with Gasteiger partial charge in [-0.2, -0.15) is 16.4 Å². The quantitative estimate of drug-likeness (QED) is 0.521. The number of hydrogen-bond acceptors (Lipinski definition) is 7. The number of nitrogens with zero attached hydrogens (tertiary/aromatic N) is 3. The van der Waals surface area contributed by atoms with Crippen LogP contribution in [0.1, 0.15) is 28.3 Å². The molecule has 0 aliphatic rings. The molecule has 3 N–H and O–H groups in total. The predicted molar refractivity (Wildman–Crippen MR) is 103 cm³/mol. The first-order valence-corrected chi connectivity index (χ1v) is 9.91. The zero-order valence-corrected chi connectivity index (χ0v) is 16.3. The van der Waals surface area contributed by atoms with E-state index >= 15 is 0 Å². The number of hydrogen-bond donors (Lipinski definition) is 3. The maximum absolute atomic E-state index is 12.0. The fraction of sp³-hybridized carbons (Fsp3) is 0.267. The fourth-order valence-electron chi connectivity index (χ4n) is 2.11. The Morgan fingerprint density at radius 3 is 2.92 bits per heavy atom. The van der Waals surface area contributed by atoms with Gasteiger partial charge in [0.15, 0.2) is 9.90 Å². The van der Waals surface area contributed by atoms with Gasteiger partial charge in [0.2, 0.25) is 5.91 Å². The van der Waals surface area contributed by atoms with E-state index in [0.717, 1.165) is 11.5 Å². The minimum absolute atomic E-state index is 0.177. The van der Waals surface area contributed by atoms with Gasteiger partial charge < -0.3 is 15.2 Å². The van der Waals surface area contributed by atoms with E-state index in [0.29, 0.717) is 21.9 Å². The summed E-state index contributed by atoms with van der Waals surface area (Å²) in [6.07, 6.45) is 0.700. The Kier molecular flexibility index (Phi) is 5.91. The van der Waals surface area contributed by atoms with Gasteiger partial charge in [-0.25, -0.2) is 4.98 Å². The average molecular weight is 409 g/mol. The van der Waals surface area contributed by atoms with Gasteiger partial charge in [-0.05, 0) is 23.7 Å². The van der Waals surface area contributed by atoms with Crippen LogP contribution >= 0.6 is 34.9 Å². The van der Waals surface area contributed by atoms with Crippen LogP contribution in [0.2, 0.25) is 0 Å². The summed E-state index contributed by atoms with van der Waals surface area (Å²) < 4.78 is 2.33. The minimum Gasteiger partial charge on any atom is -0.351 e. The van der Waals surface area contributed by atoms with E-state index < -0.39 is 0 Å². The lowest BCUT2D eigenvalue weighted by atomic mass is 10.3. The monoisotopic (exact) mass is 408 g/mol. The smallest absolute Gasteiger partial charge is 0.252 e. The van der Waals surface area contributed by atoms with Crippen LogP contribution in [0.3, 0.4) is 0 Å². The lowest BCUT2D eigenvalue weighted by molar-refractivity contribution is -0.116. The Bertz CT molecular complexity index is 956. The molecule has 3 heterocycles. The first-order chi connectivity index (χ1) is 12.5. The number of carbonyl (C=O) groups is 2. The van der Waals surface area contributed by atoms with Gasteiger partial charge in [0.05, 0.1) is 12.1 Å². The molecule has 26 heavy (non-hydrogen) atoms. The van der Waals surface area contributed by atoms with Crippen molar-refractivity contribution in [3.05, 3.63) is 44.1 Å². The van der Waals surface area contributed by atoms with Crippen LogP contribution in [0.5, 0.6) is 0 Å². The molecule has 0 aromatic carbocycles. The molecule has 0 aliphatic heterocycles. The van der Waals surface area contributed by atoms with Crippen LogP contribution in [0.25, 0.3) is 0 Å². The third-order valence-corrected chi connectivity index (χ3v) is 5.39. The van der Waals surface area contributed by atoms with E-state index in [4.69, 9.17) is 12.2 Å². The van der Waals surface area contributed by atoms with E-state index in [1.165, 1.54) is 22.7 Å². The molecule has 11 heteroatoms. The molecule has 0 saturated heterocycles. The predicted octanol–water partition coefficient (Wildman–Crippen LogP) is 2.35. The summed E-state index contributed by atoms with van der Waals surface area (Å²) in [6, 6.07) is 1.74. The van der Waals surface area contributed by atoms with Gasteiger partial charge in [-0.3, -0.25) is 14.7 Å². The highest BCUT2D eigenvalue weighted by Gasteiger charge is 2.11. The Labute approximate surface area is 162 Å². The molecule has 136 valence electrons. The molecule has 0 bridgehead atoms. The Morgan fingerprint density at radius 1 is 1.38 bits per heavy atom. The van der Waals surface area contributed by atoms with Crippen LogP contribution in [-0.4, -0.2) is 38.1 Å². The molecule has 0 saturated carbocycles. The van der Waals surface area contributed by atoms with Crippen molar-refractivity contribution in [3.63, 3.8) is 0 Å². The van der Waals surface area contributed by atoms with E-state index in [2.05, 4.69) is 25.8 Å². The third-order valence-electron chi connectivity index (χ3n) is 3.53. The highest BCUT2D eigenvalue weighted by Crippen LogP contribution is 2.17. The number of thiophene rings is 1. The molecule has 3 aromatic heterocycles. The van der Waals surface area contributed by atoms with Crippen molar-refractivity contribution in [1.29, 1.82) is 0 Å². The summed E-state index contributed by atoms with van der Waals surface area (Å²) in [4.78, 5) is 28.1. The summed E-state index contributed by atoms with van der Waals surface area (Å²) >= 11 is 7.88. The summed E-state index contributed by atoms with van der Waals surface area (Å²) in [5, 5.41) is 18.3. The van der Waals surface area contributed by atoms with Gasteiger partial charge >= 0.3 is 0 Å². The Balaban J connectivity index is 1.46. The summed E-state index contributed by atoms with van der Waals surface area (Å²) in [5.74, 6) is 0.396. The Hall–Kier alpha value is -2.37. The van der Waals surface area contributed by atoms with Crippen molar-refractivity contribution in [3.8, 4) is 0 Å². The standard InChI is InChI=1S/C15H16N6O2S3/c1-21-11(19-20-15(21)24)6-10-8-26-14(17-10)18-12(22)2-4-16-13(23)9-3-5-25-7-9/h3,5,7-8H,2,4,6H2,1H3,(H,16,23)(H,20,24)(H,17,18,22). The molecular formula is C15H16N6O2S3. The molecule has 0 spiro atoms. The van der Waals surface area contributed by atoms with Crippen LogP contribution < -0.4 is 10.6 Å². The normalized spacial score (nSPS) is 10.7. The van der Waals surface area contributed by atoms with E-state index in [-0.39, 0.29) is 24.8 Å². The molecule has 0 fully saturated rings. The molecule has 0 atom stereocenters. The van der Waals surface area contributed by atoms with Crippen molar-refractivity contribution in [2.45, 2.75) is 12.8 Å². The molecular weight excluding hydrogens is 392 g/mol. The number of nitrogens with one attached hydrogen (secondary N) is 3. The lowest BCUT2D eigenvalue weighted by Gasteiger charge is -2.04. The molecule has 0 unspecified atom stereocenters. The van der Waals surface area contributed by atoms with Crippen molar-refractivity contribution >= 4 is 51.8 Å². The number of aromatic nitrogens is 4. The van der Waals surface area contributed by atoms with Crippen molar-refractivity contribution in [2.24, 2.45) is 7.05 Å². The first kappa shape index (κ1) is 18.4. The van der Waals surface area contributed by atoms with Crippen LogP contribution in [-0.2, 0) is 18.3 Å². The SMILES string of the molecule is Cn1c(Cc2csc(NC(=O)CCNC(=O)c3ccsc3)n2)n[nH]c1=S. The van der Waals surface area contributed by atoms with E-state index in [1.54, 1.807) is 16.0 Å². The number of carbonyl (C=O) groups excluding carboxylic acids is 2. The number of rotatable bonds is 7. The second-order valence-corrected chi connectivity index (χ2v) is 7.42. The summed E-state index contributed by atoms with van der Waals surface area (Å²) in [5.41, 5.74) is 1.40. The largest absolute Gasteiger partial charge is 0.351 e. The highest BCUT2D eigenvalue weighted by molar-refractivity contribution is 7.71. The van der Waals surface area contributed by atoms with Crippen LogP contribution in [0, 0.1) is 4.77 Å². The van der Waals surface area contributed by atoms with Crippen molar-refractivity contribution in [2.75, 3.05) is 11.9 Å². The highest BCUT2D eigenvalue weighted by atomic mass is 32.1. The molecule has 0 radical (unpaired) electrons. The molecule has 0 aliphatic carbocycles. The average Bonchev–Trinajstić information content (AvgIpc) is 3.34. The van der Waals surface area contributed by atoms with Gasteiger partial charge in [-0.1, -0.05) is 0 Å². The van der Waals surface area contributed by atoms with E-state index in [9.17, 15) is 9.59 Å². The molecule has 3 rings (SSSR count). The second-order valence-electron chi connectivity index (χ2n) is 5.39. The molecule has 2 amide bonds. The van der Waals surface area contributed by atoms with Crippen molar-refractivity contribution in [1.82, 2.24) is 25.1 Å². The third kappa shape index (κ3) is 4.62. The first-order valence-electron chi connectivity index (χ1n) is 7.68. The zero-order chi connectivity index (χ0) is 18.5. The van der Waals surface area contributed by atoms with E-state index in [1.807, 2.05) is 17.8 Å². The van der Waals surface area contributed by atoms with Gasteiger partial charge in [0, 0.05) is 36.3 Å². The molecule has 8 nitrogen and oxygen atoms in total. The zero-order valence-electron chi connectivity index (χ0n) is 13.8. The van der Waals surface area contributed by atoms with Gasteiger partial charge in [0.25, 0.3) is 5.91 Å². The number of H-pyrrole nitrogens is 1. The summed E-state index contributed by atoms with van der Waals surface area (Å²) in [6.45, 7) is 0.267. The van der Waals surface area contributed by atoms with Gasteiger partial charge in [0.1, 0.15) is 5.82 Å². The minimum atomic E-state index is -0.199. The maximum Gasteiger partial charge on any atom is 0.252 e. The van der Waals surface area contributed by atoms with Crippen molar-refractivity contribution < 1.29 is 9.59 Å². The number of anilines is 1. The van der Waals surface area contributed by atoms with Gasteiger partial charge in [-0.15, -0.1) is 11.3 Å². The number of aromatic amines is 1. The Morgan fingerprint density at radius 2 is 2.23 bits per heavy atom. The number of amides is 2. The topological polar surface area (TPSA) is 105 Å².